The van der Waals surface area contributed by atoms with Crippen molar-refractivity contribution in [1.82, 2.24) is 19.5 Å². The number of aryl methyl sites for hydroxylation is 1. The molecule has 29 heavy (non-hydrogen) atoms. The maximum Gasteiger partial charge on any atom is 0.338 e. The van der Waals surface area contributed by atoms with Crippen molar-refractivity contribution in [2.45, 2.75) is 31.3 Å². The van der Waals surface area contributed by atoms with Crippen LogP contribution in [0.2, 0.25) is 0 Å². The van der Waals surface area contributed by atoms with E-state index in [0.717, 1.165) is 44.9 Å². The van der Waals surface area contributed by atoms with Gasteiger partial charge in [0.2, 0.25) is 0 Å². The fraction of sp³-hybridized carbons (Fsp3) is 0.238. The lowest BCUT2D eigenvalue weighted by atomic mass is 10.2. The van der Waals surface area contributed by atoms with Crippen LogP contribution in [0.5, 0.6) is 0 Å². The van der Waals surface area contributed by atoms with E-state index < -0.39 is 0 Å². The molecule has 0 fully saturated rings. The molecule has 0 atom stereocenters. The lowest BCUT2D eigenvalue weighted by Crippen LogP contribution is -2.04. The van der Waals surface area contributed by atoms with Gasteiger partial charge in [0, 0.05) is 23.9 Å². The first-order valence-electron chi connectivity index (χ1n) is 9.35. The molecule has 4 aromatic rings. The number of benzene rings is 1. The summed E-state index contributed by atoms with van der Waals surface area (Å²) in [5, 5.41) is 3.90. The van der Waals surface area contributed by atoms with Gasteiger partial charge >= 0.3 is 5.97 Å². The van der Waals surface area contributed by atoms with Crippen LogP contribution in [-0.2, 0) is 17.0 Å². The normalized spacial score (nSPS) is 11.1. The number of hydrogen-bond acceptors (Lipinski definition) is 7. The van der Waals surface area contributed by atoms with E-state index in [2.05, 4.69) is 21.9 Å². The van der Waals surface area contributed by atoms with Crippen molar-refractivity contribution < 1.29 is 9.53 Å². The minimum atomic E-state index is -0.320. The molecular weight excluding hydrogens is 404 g/mol. The van der Waals surface area contributed by atoms with Gasteiger partial charge in [-0.05, 0) is 44.2 Å². The predicted molar refractivity (Wildman–Crippen MR) is 116 cm³/mol. The van der Waals surface area contributed by atoms with Crippen LogP contribution in [0.3, 0.4) is 0 Å². The van der Waals surface area contributed by atoms with Gasteiger partial charge in [0.05, 0.1) is 34.6 Å². The number of ether oxygens (including phenoxy) is 1. The van der Waals surface area contributed by atoms with Crippen LogP contribution in [0.15, 0.2) is 53.1 Å². The quantitative estimate of drug-likeness (QED) is 0.306. The molecular formula is C21H20N4O2S2. The minimum absolute atomic E-state index is 0.320. The van der Waals surface area contributed by atoms with Crippen LogP contribution < -0.4 is 0 Å². The van der Waals surface area contributed by atoms with Gasteiger partial charge in [0.15, 0.2) is 5.16 Å². The number of thiazole rings is 1. The van der Waals surface area contributed by atoms with E-state index in [1.54, 1.807) is 48.4 Å². The zero-order chi connectivity index (χ0) is 20.2. The number of rotatable bonds is 7. The number of hydrogen-bond donors (Lipinski definition) is 0. The summed E-state index contributed by atoms with van der Waals surface area (Å²) in [4.78, 5) is 25.8. The average molecular weight is 425 g/mol. The van der Waals surface area contributed by atoms with E-state index in [9.17, 15) is 4.79 Å². The van der Waals surface area contributed by atoms with E-state index in [4.69, 9.17) is 14.7 Å². The first-order chi connectivity index (χ1) is 14.2. The van der Waals surface area contributed by atoms with E-state index in [-0.39, 0.29) is 5.97 Å². The summed E-state index contributed by atoms with van der Waals surface area (Å²) in [5.74, 6) is 0.399. The summed E-state index contributed by atoms with van der Waals surface area (Å²) < 4.78 is 7.25. The van der Waals surface area contributed by atoms with Crippen LogP contribution in [0, 0.1) is 0 Å². The Morgan fingerprint density at radius 2 is 2.10 bits per heavy atom. The Morgan fingerprint density at radius 1 is 1.21 bits per heavy atom. The van der Waals surface area contributed by atoms with Crippen molar-refractivity contribution in [3.8, 4) is 10.7 Å². The molecule has 0 N–H and O–H groups in total. The number of aromatic nitrogens is 4. The third-order valence-corrected chi connectivity index (χ3v) is 6.25. The number of pyridine rings is 1. The second-order valence-corrected chi connectivity index (χ2v) is 8.01. The molecule has 0 radical (unpaired) electrons. The highest BCUT2D eigenvalue weighted by Crippen LogP contribution is 2.29. The van der Waals surface area contributed by atoms with E-state index >= 15 is 0 Å². The number of thioether (sulfide) groups is 1. The minimum Gasteiger partial charge on any atom is -0.462 e. The zero-order valence-corrected chi connectivity index (χ0v) is 17.8. The molecule has 0 saturated heterocycles. The number of nitrogens with zero attached hydrogens (tertiary/aromatic N) is 4. The molecule has 0 saturated carbocycles. The van der Waals surface area contributed by atoms with Gasteiger partial charge in [-0.25, -0.2) is 14.8 Å². The maximum atomic E-state index is 12.0. The van der Waals surface area contributed by atoms with Gasteiger partial charge in [-0.15, -0.1) is 11.3 Å². The Labute approximate surface area is 177 Å². The Hall–Kier alpha value is -2.71. The fourth-order valence-corrected chi connectivity index (χ4v) is 4.86. The molecule has 0 spiro atoms. The summed E-state index contributed by atoms with van der Waals surface area (Å²) in [5.41, 5.74) is 4.22. The first kappa shape index (κ1) is 19.6. The van der Waals surface area contributed by atoms with Crippen LogP contribution in [-0.4, -0.2) is 32.1 Å². The van der Waals surface area contributed by atoms with Gasteiger partial charge in [0.1, 0.15) is 5.01 Å². The zero-order valence-electron chi connectivity index (χ0n) is 16.2. The number of carbonyl (C=O) groups is 1. The summed E-state index contributed by atoms with van der Waals surface area (Å²) >= 11 is 3.24. The molecule has 148 valence electrons. The monoisotopic (exact) mass is 424 g/mol. The first-order valence-corrected chi connectivity index (χ1v) is 11.2. The molecule has 0 bridgehead atoms. The second kappa shape index (κ2) is 8.75. The van der Waals surface area contributed by atoms with E-state index in [1.165, 1.54) is 0 Å². The van der Waals surface area contributed by atoms with Gasteiger partial charge in [0.25, 0.3) is 0 Å². The number of fused-ring (bicyclic) bond motifs is 1. The van der Waals surface area contributed by atoms with Crippen LogP contribution in [0.4, 0.5) is 0 Å². The van der Waals surface area contributed by atoms with Gasteiger partial charge in [-0.3, -0.25) is 4.98 Å². The van der Waals surface area contributed by atoms with Crippen LogP contribution >= 0.6 is 23.1 Å². The third-order valence-electron chi connectivity index (χ3n) is 4.33. The van der Waals surface area contributed by atoms with E-state index in [0.29, 0.717) is 12.2 Å². The molecule has 8 heteroatoms. The lowest BCUT2D eigenvalue weighted by molar-refractivity contribution is 0.0526. The number of carbonyl (C=O) groups excluding carboxylic acids is 1. The van der Waals surface area contributed by atoms with Crippen LogP contribution in [0.25, 0.3) is 21.7 Å². The second-order valence-electron chi connectivity index (χ2n) is 6.21. The summed E-state index contributed by atoms with van der Waals surface area (Å²) in [6.45, 7) is 5.05. The smallest absolute Gasteiger partial charge is 0.338 e. The molecule has 0 aliphatic rings. The van der Waals surface area contributed by atoms with Crippen molar-refractivity contribution in [3.63, 3.8) is 0 Å². The number of esters is 1. The Bertz CT molecular complexity index is 1140. The lowest BCUT2D eigenvalue weighted by Gasteiger charge is -2.05. The van der Waals surface area contributed by atoms with Crippen molar-refractivity contribution in [2.24, 2.45) is 0 Å². The van der Waals surface area contributed by atoms with Crippen molar-refractivity contribution in [1.29, 1.82) is 0 Å². The number of imidazole rings is 1. The van der Waals surface area contributed by atoms with Crippen molar-refractivity contribution >= 4 is 40.1 Å². The molecule has 0 amide bonds. The fourth-order valence-electron chi connectivity index (χ4n) is 2.98. The summed E-state index contributed by atoms with van der Waals surface area (Å²) in [6.07, 6.45) is 1.78. The Kier molecular flexibility index (Phi) is 5.92. The van der Waals surface area contributed by atoms with Crippen molar-refractivity contribution in [2.75, 3.05) is 6.61 Å². The molecule has 0 aliphatic carbocycles. The molecule has 0 aliphatic heterocycles. The largest absolute Gasteiger partial charge is 0.462 e. The molecule has 1 aromatic carbocycles. The van der Waals surface area contributed by atoms with Gasteiger partial charge < -0.3 is 9.30 Å². The van der Waals surface area contributed by atoms with Crippen LogP contribution in [0.1, 0.15) is 29.9 Å². The summed E-state index contributed by atoms with van der Waals surface area (Å²) in [6, 6.07) is 11.4. The molecule has 3 heterocycles. The maximum absolute atomic E-state index is 12.0. The van der Waals surface area contributed by atoms with Crippen molar-refractivity contribution in [3.05, 3.63) is 59.2 Å². The molecule has 6 nitrogen and oxygen atoms in total. The average Bonchev–Trinajstić information content (AvgIpc) is 3.36. The molecule has 4 rings (SSSR count). The topological polar surface area (TPSA) is 69.9 Å². The molecule has 0 unspecified atom stereocenters. The predicted octanol–water partition coefficient (Wildman–Crippen LogP) is 5.04. The highest BCUT2D eigenvalue weighted by Gasteiger charge is 2.15. The highest BCUT2D eigenvalue weighted by atomic mass is 32.2. The highest BCUT2D eigenvalue weighted by molar-refractivity contribution is 7.98. The SMILES string of the molecule is CCOC(=O)c1ccc2c(c1)nc(SCc1csc(-c3ccccn3)n1)n2CC. The standard InChI is InChI=1S/C21H20N4O2S2/c1-3-25-18-9-8-14(20(26)27-4-2)11-17(18)24-21(25)29-13-15-12-28-19(23-15)16-7-5-6-10-22-16/h5-12H,3-4,13H2,1-2H3. The molecule has 3 aromatic heterocycles. The summed E-state index contributed by atoms with van der Waals surface area (Å²) in [7, 11) is 0. The van der Waals surface area contributed by atoms with Gasteiger partial charge in [-0.2, -0.15) is 0 Å². The van der Waals surface area contributed by atoms with E-state index in [1.807, 2.05) is 24.3 Å². The third kappa shape index (κ3) is 4.18. The Balaban J connectivity index is 1.54. The Morgan fingerprint density at radius 3 is 2.86 bits per heavy atom. The van der Waals surface area contributed by atoms with Gasteiger partial charge in [-0.1, -0.05) is 17.8 Å².